The van der Waals surface area contributed by atoms with Gasteiger partial charge in [0.05, 0.1) is 0 Å². The van der Waals surface area contributed by atoms with Gasteiger partial charge >= 0.3 is 0 Å². The van der Waals surface area contributed by atoms with Crippen molar-refractivity contribution in [3.8, 4) is 0 Å². The van der Waals surface area contributed by atoms with Gasteiger partial charge < -0.3 is 0 Å². The van der Waals surface area contributed by atoms with Crippen molar-refractivity contribution in [3.63, 3.8) is 0 Å². The van der Waals surface area contributed by atoms with Gasteiger partial charge in [0.1, 0.15) is 0 Å². The van der Waals surface area contributed by atoms with Gasteiger partial charge in [-0.2, -0.15) is 0 Å². The number of allylic oxidation sites excluding steroid dienone is 5. The Labute approximate surface area is 98.0 Å². The Balaban J connectivity index is 1.91. The van der Waals surface area contributed by atoms with Gasteiger partial charge in [-0.3, -0.25) is 0 Å². The Kier molecular flexibility index (Phi) is 3.76. The lowest BCUT2D eigenvalue weighted by Gasteiger charge is -2.15. The molecular weight excluding hydrogens is 192 g/mol. The van der Waals surface area contributed by atoms with Crippen molar-refractivity contribution in [1.29, 1.82) is 0 Å². The molecule has 0 bridgehead atoms. The third-order valence-electron chi connectivity index (χ3n) is 2.81. The lowest BCUT2D eigenvalue weighted by Crippen LogP contribution is -2.04. The van der Waals surface area contributed by atoms with Crippen molar-refractivity contribution < 1.29 is 0 Å². The summed E-state index contributed by atoms with van der Waals surface area (Å²) < 4.78 is 0. The zero-order chi connectivity index (χ0) is 11.2. The monoisotopic (exact) mass is 209 g/mol. The number of hydrogen-bond acceptors (Lipinski definition) is 0. The largest absolute Gasteiger partial charge is 0.103 e. The molecule has 1 radical (unpaired) electrons. The molecular formula is C16H17. The summed E-state index contributed by atoms with van der Waals surface area (Å²) in [6.45, 7) is 3.75. The third-order valence-corrected chi connectivity index (χ3v) is 2.81. The molecule has 1 aromatic carbocycles. The molecule has 0 amide bonds. The zero-order valence-corrected chi connectivity index (χ0v) is 9.47. The molecule has 1 atom stereocenters. The van der Waals surface area contributed by atoms with Crippen LogP contribution in [-0.4, -0.2) is 0 Å². The van der Waals surface area contributed by atoms with Crippen LogP contribution in [-0.2, 0) is 6.42 Å². The zero-order valence-electron chi connectivity index (χ0n) is 9.47. The summed E-state index contributed by atoms with van der Waals surface area (Å²) in [4.78, 5) is 0. The van der Waals surface area contributed by atoms with Crippen LogP contribution in [0.3, 0.4) is 0 Å². The fourth-order valence-corrected chi connectivity index (χ4v) is 1.94. The second kappa shape index (κ2) is 5.50. The lowest BCUT2D eigenvalue weighted by atomic mass is 9.90. The highest BCUT2D eigenvalue weighted by atomic mass is 14.1. The number of benzene rings is 1. The van der Waals surface area contributed by atoms with E-state index in [1.807, 2.05) is 6.08 Å². The normalized spacial score (nSPS) is 19.2. The Morgan fingerprint density at radius 3 is 2.62 bits per heavy atom. The smallest absolute Gasteiger partial charge is 0.00923 e. The first-order valence-electron chi connectivity index (χ1n) is 5.75. The van der Waals surface area contributed by atoms with Gasteiger partial charge in [0.2, 0.25) is 0 Å². The van der Waals surface area contributed by atoms with Crippen LogP contribution in [0, 0.1) is 12.3 Å². The maximum absolute atomic E-state index is 3.75. The van der Waals surface area contributed by atoms with Crippen molar-refractivity contribution >= 4 is 0 Å². The highest BCUT2D eigenvalue weighted by Crippen LogP contribution is 2.21. The van der Waals surface area contributed by atoms with Gasteiger partial charge in [0.25, 0.3) is 0 Å². The molecule has 1 unspecified atom stereocenters. The molecule has 0 aromatic heterocycles. The molecule has 0 saturated carbocycles. The molecule has 81 valence electrons. The van der Waals surface area contributed by atoms with Crippen LogP contribution < -0.4 is 0 Å². The van der Waals surface area contributed by atoms with E-state index in [0.717, 1.165) is 12.8 Å². The maximum Gasteiger partial charge on any atom is -0.00923 e. The molecule has 0 aliphatic heterocycles. The predicted molar refractivity (Wildman–Crippen MR) is 70.0 cm³/mol. The van der Waals surface area contributed by atoms with Crippen molar-refractivity contribution in [2.24, 2.45) is 5.92 Å². The minimum absolute atomic E-state index is 0.538. The topological polar surface area (TPSA) is 0 Å². The van der Waals surface area contributed by atoms with Crippen molar-refractivity contribution in [3.05, 3.63) is 78.8 Å². The van der Waals surface area contributed by atoms with E-state index >= 15 is 0 Å². The van der Waals surface area contributed by atoms with Gasteiger partial charge in [-0.25, -0.2) is 0 Å². The first-order valence-corrected chi connectivity index (χ1v) is 5.75. The van der Waals surface area contributed by atoms with Gasteiger partial charge in [0.15, 0.2) is 0 Å². The van der Waals surface area contributed by atoms with E-state index in [1.165, 1.54) is 11.1 Å². The lowest BCUT2D eigenvalue weighted by molar-refractivity contribution is 0.756. The molecule has 1 aliphatic carbocycles. The molecule has 1 aromatic rings. The molecule has 0 saturated heterocycles. The van der Waals surface area contributed by atoms with Crippen LogP contribution in [0.5, 0.6) is 0 Å². The molecule has 0 heteroatoms. The van der Waals surface area contributed by atoms with E-state index in [0.29, 0.717) is 5.92 Å². The average molecular weight is 209 g/mol. The Bertz CT molecular complexity index is 395. The van der Waals surface area contributed by atoms with Crippen molar-refractivity contribution in [2.75, 3.05) is 0 Å². The third kappa shape index (κ3) is 2.96. The van der Waals surface area contributed by atoms with Crippen LogP contribution in [0.4, 0.5) is 0 Å². The summed E-state index contributed by atoms with van der Waals surface area (Å²) in [7, 11) is 0. The minimum atomic E-state index is 0.538. The second-order valence-electron chi connectivity index (χ2n) is 4.14. The number of rotatable bonds is 4. The highest BCUT2D eigenvalue weighted by molar-refractivity contribution is 5.32. The molecule has 0 heterocycles. The standard InChI is InChI=1S/C16H17/c1-2-6-14-9-11-16(12-10-14)13-15-7-4-3-5-8-15/h2-5,7-12,16H,1,6,13H2. The first-order chi connectivity index (χ1) is 7.88. The minimum Gasteiger partial charge on any atom is -0.103 e. The molecule has 0 fully saturated rings. The van der Waals surface area contributed by atoms with Crippen LogP contribution in [0.25, 0.3) is 0 Å². The maximum atomic E-state index is 3.75. The van der Waals surface area contributed by atoms with E-state index in [1.54, 1.807) is 0 Å². The summed E-state index contributed by atoms with van der Waals surface area (Å²) in [5.41, 5.74) is 2.74. The highest BCUT2D eigenvalue weighted by Gasteiger charge is 2.08. The van der Waals surface area contributed by atoms with Gasteiger partial charge in [0, 0.05) is 0 Å². The van der Waals surface area contributed by atoms with Gasteiger partial charge in [-0.15, -0.1) is 6.58 Å². The Morgan fingerprint density at radius 2 is 2.00 bits per heavy atom. The fourth-order valence-electron chi connectivity index (χ4n) is 1.94. The quantitative estimate of drug-likeness (QED) is 0.654. The molecule has 2 rings (SSSR count). The SMILES string of the molecule is C=CCC1=C[CH]C(Cc2ccccc2)C=C1. The van der Waals surface area contributed by atoms with Gasteiger partial charge in [-0.05, 0) is 36.3 Å². The van der Waals surface area contributed by atoms with E-state index in [9.17, 15) is 0 Å². The summed E-state index contributed by atoms with van der Waals surface area (Å²) in [5.74, 6) is 0.538. The van der Waals surface area contributed by atoms with E-state index in [4.69, 9.17) is 0 Å². The average Bonchev–Trinajstić information content (AvgIpc) is 2.33. The van der Waals surface area contributed by atoms with Crippen LogP contribution in [0.15, 0.2) is 66.8 Å². The first kappa shape index (κ1) is 10.9. The Morgan fingerprint density at radius 1 is 1.19 bits per heavy atom. The van der Waals surface area contributed by atoms with E-state index in [-0.39, 0.29) is 0 Å². The summed E-state index contributed by atoms with van der Waals surface area (Å²) in [6, 6.07) is 10.6. The summed E-state index contributed by atoms with van der Waals surface area (Å²) in [6.07, 6.45) is 13.0. The van der Waals surface area contributed by atoms with Crippen LogP contribution in [0.2, 0.25) is 0 Å². The van der Waals surface area contributed by atoms with E-state index in [2.05, 4.69) is 61.6 Å². The van der Waals surface area contributed by atoms with Crippen molar-refractivity contribution in [2.45, 2.75) is 12.8 Å². The molecule has 0 spiro atoms. The molecule has 0 nitrogen and oxygen atoms in total. The predicted octanol–water partition coefficient (Wildman–Crippen LogP) is 4.12. The van der Waals surface area contributed by atoms with Crippen molar-refractivity contribution in [1.82, 2.24) is 0 Å². The molecule has 1 aliphatic rings. The Hall–Kier alpha value is -1.56. The summed E-state index contributed by atoms with van der Waals surface area (Å²) in [5, 5.41) is 0. The van der Waals surface area contributed by atoms with Crippen LogP contribution in [0.1, 0.15) is 12.0 Å². The summed E-state index contributed by atoms with van der Waals surface area (Å²) >= 11 is 0. The van der Waals surface area contributed by atoms with Gasteiger partial charge in [-0.1, -0.05) is 54.6 Å². The fraction of sp³-hybridized carbons (Fsp3) is 0.188. The van der Waals surface area contributed by atoms with Crippen LogP contribution >= 0.6 is 0 Å². The number of hydrogen-bond donors (Lipinski definition) is 0. The molecule has 0 N–H and O–H groups in total. The second-order valence-corrected chi connectivity index (χ2v) is 4.14. The molecule has 16 heavy (non-hydrogen) atoms. The van der Waals surface area contributed by atoms with E-state index < -0.39 is 0 Å².